The quantitative estimate of drug-likeness (QED) is 0.727. The zero-order valence-corrected chi connectivity index (χ0v) is 9.13. The summed E-state index contributed by atoms with van der Waals surface area (Å²) in [6.45, 7) is 2.63. The van der Waals surface area contributed by atoms with Crippen molar-refractivity contribution in [3.05, 3.63) is 47.4 Å². The van der Waals surface area contributed by atoms with E-state index in [-0.39, 0.29) is 5.82 Å². The standard InChI is InChI=1S/C12H11ClFN/c1-9(7-13)8-15-6-5-10-11(14)3-2-4-12(10)15/h2-7H,8H2,1H3/b9-7-. The number of rotatable bonds is 2. The van der Waals surface area contributed by atoms with Gasteiger partial charge in [-0.05, 0) is 30.7 Å². The molecule has 0 amide bonds. The monoisotopic (exact) mass is 223 g/mol. The van der Waals surface area contributed by atoms with Gasteiger partial charge in [0.05, 0.1) is 5.52 Å². The molecule has 0 aliphatic carbocycles. The van der Waals surface area contributed by atoms with Gasteiger partial charge < -0.3 is 4.57 Å². The first-order valence-electron chi connectivity index (χ1n) is 4.71. The van der Waals surface area contributed by atoms with Crippen molar-refractivity contribution in [3.8, 4) is 0 Å². The molecule has 1 aromatic heterocycles. The van der Waals surface area contributed by atoms with Crippen LogP contribution < -0.4 is 0 Å². The second-order valence-corrected chi connectivity index (χ2v) is 3.79. The van der Waals surface area contributed by atoms with Gasteiger partial charge in [0.2, 0.25) is 0 Å². The molecule has 0 saturated carbocycles. The lowest BCUT2D eigenvalue weighted by Crippen LogP contribution is -1.96. The number of hydrogen-bond acceptors (Lipinski definition) is 0. The van der Waals surface area contributed by atoms with Gasteiger partial charge in [-0.3, -0.25) is 0 Å². The first-order valence-corrected chi connectivity index (χ1v) is 5.15. The van der Waals surface area contributed by atoms with Gasteiger partial charge in [0, 0.05) is 23.7 Å². The van der Waals surface area contributed by atoms with E-state index >= 15 is 0 Å². The molecule has 0 aliphatic heterocycles. The molecule has 0 spiro atoms. The van der Waals surface area contributed by atoms with Crippen molar-refractivity contribution in [2.24, 2.45) is 0 Å². The highest BCUT2D eigenvalue weighted by atomic mass is 35.5. The van der Waals surface area contributed by atoms with E-state index in [0.717, 1.165) is 11.1 Å². The molecular weight excluding hydrogens is 213 g/mol. The Morgan fingerprint density at radius 3 is 3.00 bits per heavy atom. The molecule has 2 aromatic rings. The first-order chi connectivity index (χ1) is 7.22. The maximum atomic E-state index is 13.4. The highest BCUT2D eigenvalue weighted by Gasteiger charge is 2.04. The Morgan fingerprint density at radius 2 is 2.27 bits per heavy atom. The highest BCUT2D eigenvalue weighted by molar-refractivity contribution is 6.25. The summed E-state index contributed by atoms with van der Waals surface area (Å²) in [5, 5.41) is 0.653. The topological polar surface area (TPSA) is 4.93 Å². The van der Waals surface area contributed by atoms with E-state index in [1.807, 2.05) is 23.8 Å². The average Bonchev–Trinajstić information content (AvgIpc) is 2.63. The van der Waals surface area contributed by atoms with Crippen LogP contribution >= 0.6 is 11.6 Å². The molecule has 2 rings (SSSR count). The minimum Gasteiger partial charge on any atom is -0.343 e. The van der Waals surface area contributed by atoms with E-state index in [1.54, 1.807) is 17.7 Å². The van der Waals surface area contributed by atoms with Gasteiger partial charge in [0.15, 0.2) is 0 Å². The normalized spacial score (nSPS) is 12.3. The van der Waals surface area contributed by atoms with Crippen LogP contribution in [0, 0.1) is 5.82 Å². The molecule has 3 heteroatoms. The largest absolute Gasteiger partial charge is 0.343 e. The molecule has 0 fully saturated rings. The van der Waals surface area contributed by atoms with Crippen molar-refractivity contribution in [1.82, 2.24) is 4.57 Å². The minimum atomic E-state index is -0.182. The van der Waals surface area contributed by atoms with Crippen LogP contribution in [0.5, 0.6) is 0 Å². The Kier molecular flexibility index (Phi) is 2.78. The third-order valence-electron chi connectivity index (χ3n) is 2.37. The van der Waals surface area contributed by atoms with Crippen LogP contribution in [0.3, 0.4) is 0 Å². The van der Waals surface area contributed by atoms with Crippen LogP contribution in [0.2, 0.25) is 0 Å². The number of halogens is 2. The van der Waals surface area contributed by atoms with Crippen LogP contribution in [0.4, 0.5) is 4.39 Å². The lowest BCUT2D eigenvalue weighted by Gasteiger charge is -2.04. The van der Waals surface area contributed by atoms with Crippen LogP contribution in [0.1, 0.15) is 6.92 Å². The molecule has 0 N–H and O–H groups in total. The Morgan fingerprint density at radius 1 is 1.47 bits per heavy atom. The van der Waals surface area contributed by atoms with E-state index < -0.39 is 0 Å². The summed E-state index contributed by atoms with van der Waals surface area (Å²) >= 11 is 5.60. The van der Waals surface area contributed by atoms with E-state index in [2.05, 4.69) is 0 Å². The summed E-state index contributed by atoms with van der Waals surface area (Å²) in [7, 11) is 0. The summed E-state index contributed by atoms with van der Waals surface area (Å²) in [6, 6.07) is 6.87. The van der Waals surface area contributed by atoms with E-state index in [9.17, 15) is 4.39 Å². The van der Waals surface area contributed by atoms with Gasteiger partial charge in [0.25, 0.3) is 0 Å². The number of allylic oxidation sites excluding steroid dienone is 1. The highest BCUT2D eigenvalue weighted by Crippen LogP contribution is 2.19. The van der Waals surface area contributed by atoms with Crippen LogP contribution in [-0.4, -0.2) is 4.57 Å². The molecule has 1 nitrogen and oxygen atoms in total. The van der Waals surface area contributed by atoms with Gasteiger partial charge in [-0.25, -0.2) is 4.39 Å². The van der Waals surface area contributed by atoms with Crippen molar-refractivity contribution >= 4 is 22.5 Å². The van der Waals surface area contributed by atoms with Gasteiger partial charge in [-0.2, -0.15) is 0 Å². The van der Waals surface area contributed by atoms with Crippen molar-refractivity contribution in [2.75, 3.05) is 0 Å². The fourth-order valence-corrected chi connectivity index (χ4v) is 1.70. The Bertz CT molecular complexity index is 513. The number of nitrogens with zero attached hydrogens (tertiary/aromatic N) is 1. The minimum absolute atomic E-state index is 0.182. The summed E-state index contributed by atoms with van der Waals surface area (Å²) in [4.78, 5) is 0. The van der Waals surface area contributed by atoms with E-state index in [0.29, 0.717) is 11.9 Å². The van der Waals surface area contributed by atoms with Gasteiger partial charge in [-0.15, -0.1) is 0 Å². The molecule has 1 aromatic carbocycles. The van der Waals surface area contributed by atoms with Crippen molar-refractivity contribution < 1.29 is 4.39 Å². The molecule has 78 valence electrons. The second-order valence-electron chi connectivity index (χ2n) is 3.57. The number of benzene rings is 1. The predicted octanol–water partition coefficient (Wildman–Crippen LogP) is 3.92. The maximum absolute atomic E-state index is 13.4. The Labute approximate surface area is 92.8 Å². The Hall–Kier alpha value is -1.28. The smallest absolute Gasteiger partial charge is 0.132 e. The fraction of sp³-hybridized carbons (Fsp3) is 0.167. The zero-order valence-electron chi connectivity index (χ0n) is 8.37. The van der Waals surface area contributed by atoms with Crippen LogP contribution in [0.25, 0.3) is 10.9 Å². The lowest BCUT2D eigenvalue weighted by molar-refractivity contribution is 0.639. The summed E-state index contributed by atoms with van der Waals surface area (Å²) < 4.78 is 15.3. The Balaban J connectivity index is 2.50. The van der Waals surface area contributed by atoms with Gasteiger partial charge >= 0.3 is 0 Å². The van der Waals surface area contributed by atoms with E-state index in [4.69, 9.17) is 11.6 Å². The molecular formula is C12H11ClFN. The van der Waals surface area contributed by atoms with Gasteiger partial charge in [0.1, 0.15) is 5.82 Å². The van der Waals surface area contributed by atoms with Crippen molar-refractivity contribution in [2.45, 2.75) is 13.5 Å². The fourth-order valence-electron chi connectivity index (χ4n) is 1.63. The van der Waals surface area contributed by atoms with Crippen LogP contribution in [-0.2, 0) is 6.54 Å². The zero-order chi connectivity index (χ0) is 10.8. The third kappa shape index (κ3) is 1.90. The second kappa shape index (κ2) is 4.07. The molecule has 0 aliphatic rings. The number of hydrogen-bond donors (Lipinski definition) is 0. The first kappa shape index (κ1) is 10.2. The molecule has 0 radical (unpaired) electrons. The van der Waals surface area contributed by atoms with Crippen LogP contribution in [0.15, 0.2) is 41.6 Å². The lowest BCUT2D eigenvalue weighted by atomic mass is 10.2. The number of fused-ring (bicyclic) bond motifs is 1. The molecule has 0 unspecified atom stereocenters. The summed E-state index contributed by atoms with van der Waals surface area (Å²) in [5.41, 5.74) is 3.48. The molecule has 0 saturated heterocycles. The summed E-state index contributed by atoms with van der Waals surface area (Å²) in [5.74, 6) is -0.182. The predicted molar refractivity (Wildman–Crippen MR) is 61.5 cm³/mol. The number of aromatic nitrogens is 1. The van der Waals surface area contributed by atoms with Crippen molar-refractivity contribution in [3.63, 3.8) is 0 Å². The molecule has 0 bridgehead atoms. The van der Waals surface area contributed by atoms with Crippen molar-refractivity contribution in [1.29, 1.82) is 0 Å². The third-order valence-corrected chi connectivity index (χ3v) is 2.74. The maximum Gasteiger partial charge on any atom is 0.132 e. The molecule has 15 heavy (non-hydrogen) atoms. The van der Waals surface area contributed by atoms with Gasteiger partial charge in [-0.1, -0.05) is 17.7 Å². The van der Waals surface area contributed by atoms with E-state index in [1.165, 1.54) is 6.07 Å². The average molecular weight is 224 g/mol. The SMILES string of the molecule is C/C(=C/Cl)Cn1ccc2c(F)cccc21. The molecule has 1 heterocycles. The summed E-state index contributed by atoms with van der Waals surface area (Å²) in [6.07, 6.45) is 1.87. The molecule has 0 atom stereocenters.